The van der Waals surface area contributed by atoms with E-state index in [1.165, 1.54) is 32.1 Å². The molecule has 0 spiro atoms. The van der Waals surface area contributed by atoms with E-state index in [1.807, 2.05) is 12.1 Å². The lowest BCUT2D eigenvalue weighted by Gasteiger charge is -2.21. The zero-order chi connectivity index (χ0) is 16.2. The smallest absolute Gasteiger partial charge is 0.268 e. The number of ketones is 1. The summed E-state index contributed by atoms with van der Waals surface area (Å²) in [5, 5.41) is 3.06. The van der Waals surface area contributed by atoms with Crippen molar-refractivity contribution in [1.82, 2.24) is 14.7 Å². The Hall–Kier alpha value is -2.17. The van der Waals surface area contributed by atoms with E-state index in [9.17, 15) is 9.59 Å². The molecule has 2 aromatic heterocycles. The van der Waals surface area contributed by atoms with Crippen LogP contribution in [0, 0.1) is 5.92 Å². The molecule has 1 fully saturated rings. The van der Waals surface area contributed by atoms with E-state index in [-0.39, 0.29) is 11.7 Å². The first-order valence-corrected chi connectivity index (χ1v) is 8.38. The third-order valence-corrected chi connectivity index (χ3v) is 4.48. The summed E-state index contributed by atoms with van der Waals surface area (Å²) in [7, 11) is 0. The van der Waals surface area contributed by atoms with E-state index < -0.39 is 0 Å². The van der Waals surface area contributed by atoms with Crippen molar-refractivity contribution in [3.8, 4) is 0 Å². The van der Waals surface area contributed by atoms with Gasteiger partial charge in [-0.05, 0) is 37.8 Å². The molecule has 0 unspecified atom stereocenters. The first-order chi connectivity index (χ1) is 11.1. The Morgan fingerprint density at radius 2 is 2.04 bits per heavy atom. The van der Waals surface area contributed by atoms with Crippen LogP contribution in [0.1, 0.15) is 55.2 Å². The second-order valence-corrected chi connectivity index (χ2v) is 6.46. The highest BCUT2D eigenvalue weighted by atomic mass is 16.2. The third-order valence-electron chi connectivity index (χ3n) is 4.48. The average molecular weight is 313 g/mol. The van der Waals surface area contributed by atoms with Crippen LogP contribution < -0.4 is 5.32 Å². The first-order valence-electron chi connectivity index (χ1n) is 8.38. The fraction of sp³-hybridized carbons (Fsp3) is 0.500. The van der Waals surface area contributed by atoms with Gasteiger partial charge in [-0.3, -0.25) is 14.0 Å². The molecule has 0 atom stereocenters. The van der Waals surface area contributed by atoms with Crippen molar-refractivity contribution in [2.24, 2.45) is 5.92 Å². The van der Waals surface area contributed by atoms with Gasteiger partial charge in [0.25, 0.3) is 5.91 Å². The molecule has 3 rings (SSSR count). The Bertz CT molecular complexity index is 714. The molecule has 5 heteroatoms. The van der Waals surface area contributed by atoms with Crippen molar-refractivity contribution in [1.29, 1.82) is 0 Å². The number of amides is 1. The van der Waals surface area contributed by atoms with Crippen LogP contribution in [0.3, 0.4) is 0 Å². The number of hydrogen-bond acceptors (Lipinski definition) is 3. The molecule has 1 N–H and O–H groups in total. The van der Waals surface area contributed by atoms with Crippen LogP contribution in [0.4, 0.5) is 0 Å². The third kappa shape index (κ3) is 3.78. The fourth-order valence-corrected chi connectivity index (χ4v) is 3.31. The Morgan fingerprint density at radius 3 is 2.78 bits per heavy atom. The molecule has 2 aromatic rings. The number of imidazole rings is 1. The number of aromatic nitrogens is 2. The highest BCUT2D eigenvalue weighted by Crippen LogP contribution is 2.22. The summed E-state index contributed by atoms with van der Waals surface area (Å²) in [5.41, 5.74) is 1.97. The van der Waals surface area contributed by atoms with E-state index in [2.05, 4.69) is 10.3 Å². The van der Waals surface area contributed by atoms with E-state index >= 15 is 0 Å². The molecule has 0 aromatic carbocycles. The summed E-state index contributed by atoms with van der Waals surface area (Å²) < 4.78 is 1.77. The minimum Gasteiger partial charge on any atom is -0.350 e. The number of Topliss-reactive ketones (excluding diaryl/α,β-unsaturated/α-hetero) is 1. The molecular formula is C18H23N3O2. The summed E-state index contributed by atoms with van der Waals surface area (Å²) in [4.78, 5) is 28.2. The van der Waals surface area contributed by atoms with Crippen LogP contribution in [0.2, 0.25) is 0 Å². The van der Waals surface area contributed by atoms with Crippen LogP contribution in [-0.4, -0.2) is 27.6 Å². The molecule has 23 heavy (non-hydrogen) atoms. The van der Waals surface area contributed by atoms with Gasteiger partial charge in [0.2, 0.25) is 0 Å². The molecule has 1 saturated carbocycles. The van der Waals surface area contributed by atoms with Crippen molar-refractivity contribution in [3.05, 3.63) is 35.8 Å². The van der Waals surface area contributed by atoms with Gasteiger partial charge in [-0.2, -0.15) is 0 Å². The first kappa shape index (κ1) is 15.7. The van der Waals surface area contributed by atoms with E-state index in [0.29, 0.717) is 29.4 Å². The molecule has 0 aliphatic heterocycles. The average Bonchev–Trinajstić information content (AvgIpc) is 2.94. The van der Waals surface area contributed by atoms with E-state index in [0.717, 1.165) is 6.54 Å². The Balaban J connectivity index is 1.74. The zero-order valence-corrected chi connectivity index (χ0v) is 13.5. The highest BCUT2D eigenvalue weighted by Gasteiger charge is 2.16. The summed E-state index contributed by atoms with van der Waals surface area (Å²) >= 11 is 0. The predicted octanol–water partition coefficient (Wildman–Crippen LogP) is 2.78. The lowest BCUT2D eigenvalue weighted by atomic mass is 9.89. The van der Waals surface area contributed by atoms with E-state index in [1.54, 1.807) is 23.6 Å². The number of pyridine rings is 1. The lowest BCUT2D eigenvalue weighted by molar-refractivity contribution is -0.116. The number of fused-ring (bicyclic) bond motifs is 1. The lowest BCUT2D eigenvalue weighted by Crippen LogP contribution is -2.31. The SMILES string of the molecule is CC(=O)Cc1cn2c(C(=O)NCC3CCCCC3)cccc2n1. The Kier molecular flexibility index (Phi) is 4.74. The van der Waals surface area contributed by atoms with Crippen molar-refractivity contribution >= 4 is 17.3 Å². The monoisotopic (exact) mass is 313 g/mol. The summed E-state index contributed by atoms with van der Waals surface area (Å²) in [6.45, 7) is 2.28. The maximum absolute atomic E-state index is 12.5. The predicted molar refractivity (Wildman–Crippen MR) is 88.5 cm³/mol. The number of rotatable bonds is 5. The van der Waals surface area contributed by atoms with Gasteiger partial charge >= 0.3 is 0 Å². The van der Waals surface area contributed by atoms with Crippen LogP contribution in [0.5, 0.6) is 0 Å². The van der Waals surface area contributed by atoms with Gasteiger partial charge in [0, 0.05) is 19.2 Å². The second kappa shape index (κ2) is 6.94. The van der Waals surface area contributed by atoms with Crippen LogP contribution >= 0.6 is 0 Å². The summed E-state index contributed by atoms with van der Waals surface area (Å²) in [6, 6.07) is 5.47. The molecule has 122 valence electrons. The second-order valence-electron chi connectivity index (χ2n) is 6.46. The zero-order valence-electron chi connectivity index (χ0n) is 13.5. The molecule has 5 nitrogen and oxygen atoms in total. The van der Waals surface area contributed by atoms with Gasteiger partial charge in [-0.25, -0.2) is 4.98 Å². The number of carbonyl (C=O) groups excluding carboxylic acids is 2. The van der Waals surface area contributed by atoms with Gasteiger partial charge in [-0.15, -0.1) is 0 Å². The van der Waals surface area contributed by atoms with Gasteiger partial charge in [0.15, 0.2) is 0 Å². The van der Waals surface area contributed by atoms with Crippen LogP contribution in [0.25, 0.3) is 5.65 Å². The van der Waals surface area contributed by atoms with Crippen molar-refractivity contribution in [2.75, 3.05) is 6.54 Å². The molecule has 0 radical (unpaired) electrons. The minimum absolute atomic E-state index is 0.0664. The van der Waals surface area contributed by atoms with Crippen molar-refractivity contribution in [2.45, 2.75) is 45.4 Å². The molecule has 1 amide bonds. The molecule has 0 saturated heterocycles. The van der Waals surface area contributed by atoms with E-state index in [4.69, 9.17) is 0 Å². The maximum Gasteiger partial charge on any atom is 0.268 e. The van der Waals surface area contributed by atoms with Crippen LogP contribution in [-0.2, 0) is 11.2 Å². The number of hydrogen-bond donors (Lipinski definition) is 1. The standard InChI is InChI=1S/C18H23N3O2/c1-13(22)10-15-12-21-16(8-5-9-17(21)20-15)18(23)19-11-14-6-3-2-4-7-14/h5,8-9,12,14H,2-4,6-7,10-11H2,1H3,(H,19,23). The normalized spacial score (nSPS) is 15.7. The molecule has 1 aliphatic rings. The van der Waals surface area contributed by atoms with Gasteiger partial charge < -0.3 is 5.32 Å². The van der Waals surface area contributed by atoms with Gasteiger partial charge in [0.05, 0.1) is 5.69 Å². The topological polar surface area (TPSA) is 63.5 Å². The maximum atomic E-state index is 12.5. The quantitative estimate of drug-likeness (QED) is 0.923. The highest BCUT2D eigenvalue weighted by molar-refractivity contribution is 5.93. The summed E-state index contributed by atoms with van der Waals surface area (Å²) in [6.07, 6.45) is 8.35. The number of nitrogens with one attached hydrogen (secondary N) is 1. The minimum atomic E-state index is -0.0760. The number of carbonyl (C=O) groups is 2. The van der Waals surface area contributed by atoms with Crippen LogP contribution in [0.15, 0.2) is 24.4 Å². The molecule has 0 bridgehead atoms. The molecule has 2 heterocycles. The van der Waals surface area contributed by atoms with Gasteiger partial charge in [0.1, 0.15) is 17.1 Å². The Morgan fingerprint density at radius 1 is 1.26 bits per heavy atom. The number of nitrogens with zero attached hydrogens (tertiary/aromatic N) is 2. The van der Waals surface area contributed by atoms with Crippen molar-refractivity contribution in [3.63, 3.8) is 0 Å². The van der Waals surface area contributed by atoms with Crippen molar-refractivity contribution < 1.29 is 9.59 Å². The largest absolute Gasteiger partial charge is 0.350 e. The fourth-order valence-electron chi connectivity index (χ4n) is 3.31. The summed E-state index contributed by atoms with van der Waals surface area (Å²) in [5.74, 6) is 0.590. The van der Waals surface area contributed by atoms with Gasteiger partial charge in [-0.1, -0.05) is 25.3 Å². The molecule has 1 aliphatic carbocycles. The Labute approximate surface area is 136 Å². The molecular weight excluding hydrogens is 290 g/mol.